The smallest absolute Gasteiger partial charge is 0.137 e. The molecule has 0 aliphatic carbocycles. The quantitative estimate of drug-likeness (QED) is 0.909. The van der Waals surface area contributed by atoms with Crippen molar-refractivity contribution in [2.75, 3.05) is 31.1 Å². The Hall–Kier alpha value is -1.59. The Kier molecular flexibility index (Phi) is 4.95. The van der Waals surface area contributed by atoms with Crippen LogP contribution in [0, 0.1) is 6.92 Å². The van der Waals surface area contributed by atoms with Gasteiger partial charge in [-0.05, 0) is 56.8 Å². The highest BCUT2D eigenvalue weighted by atomic mass is 35.5. The number of aromatic amines is 1. The topological polar surface area (TPSA) is 48.1 Å². The molecule has 5 nitrogen and oxygen atoms in total. The van der Waals surface area contributed by atoms with E-state index in [1.165, 1.54) is 37.9 Å². The molecule has 1 N–H and O–H groups in total. The number of likely N-dealkylation sites (tertiary alicyclic amines) is 1. The summed E-state index contributed by atoms with van der Waals surface area (Å²) in [5.41, 5.74) is 2.40. The normalized spacial score (nSPS) is 23.1. The SMILES string of the molecule is Cc1ccc(N2CCC(N3CCCC(c4ncn[nH]4)C3)CC2)cc1Cl. The summed E-state index contributed by atoms with van der Waals surface area (Å²) in [4.78, 5) is 9.52. The fraction of sp³-hybridized carbons (Fsp3) is 0.579. The second-order valence-electron chi connectivity index (χ2n) is 7.36. The van der Waals surface area contributed by atoms with Gasteiger partial charge in [0.15, 0.2) is 0 Å². The standard InChI is InChI=1S/C19H26ClN5/c1-14-4-5-17(11-18(14)20)24-9-6-16(7-10-24)25-8-2-3-15(12-25)19-21-13-22-23-19/h4-5,11,13,15-16H,2-3,6-10,12H2,1H3,(H,21,22,23). The minimum Gasteiger partial charge on any atom is -0.371 e. The molecule has 2 saturated heterocycles. The highest BCUT2D eigenvalue weighted by Crippen LogP contribution is 2.30. The van der Waals surface area contributed by atoms with E-state index in [4.69, 9.17) is 11.6 Å². The van der Waals surface area contributed by atoms with Crippen LogP contribution in [0.15, 0.2) is 24.5 Å². The molecule has 1 unspecified atom stereocenters. The number of hydrogen-bond donors (Lipinski definition) is 1. The summed E-state index contributed by atoms with van der Waals surface area (Å²) < 4.78 is 0. The predicted octanol–water partition coefficient (Wildman–Crippen LogP) is 3.61. The monoisotopic (exact) mass is 359 g/mol. The van der Waals surface area contributed by atoms with Gasteiger partial charge >= 0.3 is 0 Å². The van der Waals surface area contributed by atoms with Crippen LogP contribution in [0.3, 0.4) is 0 Å². The summed E-state index contributed by atoms with van der Waals surface area (Å²) in [6.45, 7) is 6.59. The molecule has 6 heteroatoms. The van der Waals surface area contributed by atoms with Gasteiger partial charge in [0.2, 0.25) is 0 Å². The van der Waals surface area contributed by atoms with E-state index >= 15 is 0 Å². The van der Waals surface area contributed by atoms with E-state index in [2.05, 4.69) is 50.1 Å². The molecule has 4 rings (SSSR count). The molecule has 1 aromatic carbocycles. The van der Waals surface area contributed by atoms with E-state index in [1.54, 1.807) is 6.33 Å². The lowest BCUT2D eigenvalue weighted by Gasteiger charge is -2.42. The van der Waals surface area contributed by atoms with Crippen LogP contribution in [0.4, 0.5) is 5.69 Å². The fourth-order valence-electron chi connectivity index (χ4n) is 4.24. The van der Waals surface area contributed by atoms with Gasteiger partial charge < -0.3 is 4.90 Å². The van der Waals surface area contributed by atoms with Crippen molar-refractivity contribution in [3.8, 4) is 0 Å². The number of H-pyrrole nitrogens is 1. The minimum atomic E-state index is 0.505. The van der Waals surface area contributed by atoms with Gasteiger partial charge in [-0.3, -0.25) is 10.00 Å². The number of benzene rings is 1. The van der Waals surface area contributed by atoms with Crippen LogP contribution in [-0.4, -0.2) is 52.3 Å². The lowest BCUT2D eigenvalue weighted by Crippen LogP contribution is -2.48. The van der Waals surface area contributed by atoms with Crippen molar-refractivity contribution in [1.29, 1.82) is 0 Å². The molecule has 1 atom stereocenters. The summed E-state index contributed by atoms with van der Waals surface area (Å²) in [5.74, 6) is 1.56. The summed E-state index contributed by atoms with van der Waals surface area (Å²) in [6.07, 6.45) is 6.52. The highest BCUT2D eigenvalue weighted by Gasteiger charge is 2.30. The first-order chi connectivity index (χ1) is 12.2. The van der Waals surface area contributed by atoms with Crippen molar-refractivity contribution in [2.45, 2.75) is 44.6 Å². The Bertz CT molecular complexity index is 694. The fourth-order valence-corrected chi connectivity index (χ4v) is 4.42. The first-order valence-corrected chi connectivity index (χ1v) is 9.69. The van der Waals surface area contributed by atoms with Gasteiger partial charge in [0.1, 0.15) is 12.2 Å². The highest BCUT2D eigenvalue weighted by molar-refractivity contribution is 6.31. The van der Waals surface area contributed by atoms with Crippen molar-refractivity contribution in [1.82, 2.24) is 20.1 Å². The van der Waals surface area contributed by atoms with Gasteiger partial charge in [-0.15, -0.1) is 0 Å². The molecule has 0 bridgehead atoms. The number of nitrogens with one attached hydrogen (secondary N) is 1. The first kappa shape index (κ1) is 16.9. The van der Waals surface area contributed by atoms with Crippen LogP contribution < -0.4 is 4.90 Å². The summed E-state index contributed by atoms with van der Waals surface area (Å²) in [7, 11) is 0. The minimum absolute atomic E-state index is 0.505. The van der Waals surface area contributed by atoms with Gasteiger partial charge in [0, 0.05) is 42.3 Å². The summed E-state index contributed by atoms with van der Waals surface area (Å²) >= 11 is 6.30. The maximum atomic E-state index is 6.30. The number of aryl methyl sites for hydroxylation is 1. The number of anilines is 1. The number of halogens is 1. The predicted molar refractivity (Wildman–Crippen MR) is 101 cm³/mol. The maximum Gasteiger partial charge on any atom is 0.137 e. The molecule has 2 aliphatic heterocycles. The van der Waals surface area contributed by atoms with Gasteiger partial charge in [0.25, 0.3) is 0 Å². The number of piperidine rings is 2. The average molecular weight is 360 g/mol. The molecule has 1 aromatic heterocycles. The van der Waals surface area contributed by atoms with Gasteiger partial charge in [-0.25, -0.2) is 4.98 Å². The number of nitrogens with zero attached hydrogens (tertiary/aromatic N) is 4. The Labute approximate surface area is 154 Å². The molecule has 3 heterocycles. The van der Waals surface area contributed by atoms with E-state index in [1.807, 2.05) is 0 Å². The van der Waals surface area contributed by atoms with Crippen LogP contribution in [0.25, 0.3) is 0 Å². The van der Waals surface area contributed by atoms with Crippen LogP contribution >= 0.6 is 11.6 Å². The zero-order valence-corrected chi connectivity index (χ0v) is 15.5. The third-order valence-electron chi connectivity index (χ3n) is 5.77. The lowest BCUT2D eigenvalue weighted by atomic mass is 9.93. The van der Waals surface area contributed by atoms with Crippen LogP contribution in [-0.2, 0) is 0 Å². The van der Waals surface area contributed by atoms with E-state index in [0.717, 1.165) is 36.0 Å². The van der Waals surface area contributed by atoms with Crippen LogP contribution in [0.2, 0.25) is 5.02 Å². The largest absolute Gasteiger partial charge is 0.371 e. The molecule has 0 saturated carbocycles. The van der Waals surface area contributed by atoms with Crippen molar-refractivity contribution >= 4 is 17.3 Å². The zero-order chi connectivity index (χ0) is 17.2. The Morgan fingerprint density at radius 1 is 1.16 bits per heavy atom. The van der Waals surface area contributed by atoms with Crippen molar-refractivity contribution in [2.24, 2.45) is 0 Å². The molecular formula is C19H26ClN5. The average Bonchev–Trinajstić information content (AvgIpc) is 3.19. The lowest BCUT2D eigenvalue weighted by molar-refractivity contribution is 0.126. The third-order valence-corrected chi connectivity index (χ3v) is 6.18. The van der Waals surface area contributed by atoms with E-state index in [0.29, 0.717) is 12.0 Å². The zero-order valence-electron chi connectivity index (χ0n) is 14.8. The van der Waals surface area contributed by atoms with E-state index < -0.39 is 0 Å². The molecule has 2 fully saturated rings. The van der Waals surface area contributed by atoms with Crippen molar-refractivity contribution in [3.05, 3.63) is 40.9 Å². The van der Waals surface area contributed by atoms with Gasteiger partial charge in [-0.2, -0.15) is 5.10 Å². The summed E-state index contributed by atoms with van der Waals surface area (Å²) in [5, 5.41) is 7.95. The molecular weight excluding hydrogens is 334 g/mol. The Balaban J connectivity index is 1.36. The van der Waals surface area contributed by atoms with Crippen LogP contribution in [0.5, 0.6) is 0 Å². The Morgan fingerprint density at radius 2 is 2.00 bits per heavy atom. The molecule has 0 spiro atoms. The Morgan fingerprint density at radius 3 is 2.72 bits per heavy atom. The molecule has 0 radical (unpaired) electrons. The summed E-state index contributed by atoms with van der Waals surface area (Å²) in [6, 6.07) is 7.11. The number of rotatable bonds is 3. The van der Waals surface area contributed by atoms with Gasteiger partial charge in [-0.1, -0.05) is 17.7 Å². The molecule has 134 valence electrons. The first-order valence-electron chi connectivity index (χ1n) is 9.31. The maximum absolute atomic E-state index is 6.30. The number of hydrogen-bond acceptors (Lipinski definition) is 4. The number of aromatic nitrogens is 3. The third kappa shape index (κ3) is 3.67. The second-order valence-corrected chi connectivity index (χ2v) is 7.76. The van der Waals surface area contributed by atoms with E-state index in [-0.39, 0.29) is 0 Å². The van der Waals surface area contributed by atoms with Crippen LogP contribution in [0.1, 0.15) is 43.0 Å². The van der Waals surface area contributed by atoms with E-state index in [9.17, 15) is 0 Å². The van der Waals surface area contributed by atoms with Crippen molar-refractivity contribution in [3.63, 3.8) is 0 Å². The van der Waals surface area contributed by atoms with Crippen molar-refractivity contribution < 1.29 is 0 Å². The molecule has 25 heavy (non-hydrogen) atoms. The molecule has 2 aromatic rings. The molecule has 2 aliphatic rings. The molecule has 0 amide bonds. The van der Waals surface area contributed by atoms with Gasteiger partial charge in [0.05, 0.1) is 0 Å². The second kappa shape index (κ2) is 7.34.